The Balaban J connectivity index is 2.07. The molecule has 0 aromatic heterocycles. The lowest BCUT2D eigenvalue weighted by atomic mass is 10.1. The van der Waals surface area contributed by atoms with E-state index in [2.05, 4.69) is 17.6 Å². The summed E-state index contributed by atoms with van der Waals surface area (Å²) >= 11 is 0. The summed E-state index contributed by atoms with van der Waals surface area (Å²) in [4.78, 5) is 0. The first kappa shape index (κ1) is 15.8. The van der Waals surface area contributed by atoms with Gasteiger partial charge < -0.3 is 24.8 Å². The summed E-state index contributed by atoms with van der Waals surface area (Å²) in [6.07, 6.45) is 3.65. The predicted octanol–water partition coefficient (Wildman–Crippen LogP) is 2.65. The highest BCUT2D eigenvalue weighted by Crippen LogP contribution is 2.40. The number of nitrogens with one attached hydrogen (secondary N) is 2. The van der Waals surface area contributed by atoms with Crippen LogP contribution in [0.1, 0.15) is 26.2 Å². The molecule has 0 radical (unpaired) electrons. The van der Waals surface area contributed by atoms with Crippen molar-refractivity contribution in [3.8, 4) is 17.2 Å². The van der Waals surface area contributed by atoms with E-state index < -0.39 is 0 Å². The van der Waals surface area contributed by atoms with Crippen molar-refractivity contribution in [1.82, 2.24) is 5.32 Å². The van der Waals surface area contributed by atoms with E-state index in [0.29, 0.717) is 29.3 Å². The third kappa shape index (κ3) is 3.94. The summed E-state index contributed by atoms with van der Waals surface area (Å²) < 4.78 is 16.1. The molecule has 118 valence electrons. The molecule has 2 N–H and O–H groups in total. The van der Waals surface area contributed by atoms with E-state index >= 15 is 0 Å². The van der Waals surface area contributed by atoms with Crippen molar-refractivity contribution in [2.24, 2.45) is 0 Å². The van der Waals surface area contributed by atoms with Crippen LogP contribution in [0.25, 0.3) is 0 Å². The highest BCUT2D eigenvalue weighted by molar-refractivity contribution is 5.62. The Labute approximate surface area is 127 Å². The van der Waals surface area contributed by atoms with E-state index in [9.17, 15) is 0 Å². The highest BCUT2D eigenvalue weighted by atomic mass is 16.5. The maximum Gasteiger partial charge on any atom is 0.203 e. The van der Waals surface area contributed by atoms with Gasteiger partial charge in [-0.3, -0.25) is 0 Å². The third-order valence-electron chi connectivity index (χ3n) is 3.88. The molecule has 1 fully saturated rings. The molecule has 0 spiro atoms. The molecule has 0 aliphatic carbocycles. The number of benzene rings is 1. The van der Waals surface area contributed by atoms with Crippen LogP contribution >= 0.6 is 0 Å². The van der Waals surface area contributed by atoms with Crippen LogP contribution in [0.5, 0.6) is 17.2 Å². The number of ether oxygens (including phenoxy) is 3. The molecule has 1 aromatic carbocycles. The van der Waals surface area contributed by atoms with Gasteiger partial charge in [-0.25, -0.2) is 0 Å². The van der Waals surface area contributed by atoms with Crippen LogP contribution in [-0.4, -0.2) is 40.0 Å². The quantitative estimate of drug-likeness (QED) is 0.809. The Morgan fingerprint density at radius 2 is 1.86 bits per heavy atom. The molecule has 5 nitrogen and oxygen atoms in total. The van der Waals surface area contributed by atoms with Gasteiger partial charge in [0.15, 0.2) is 11.5 Å². The van der Waals surface area contributed by atoms with Gasteiger partial charge in [-0.2, -0.15) is 0 Å². The molecule has 21 heavy (non-hydrogen) atoms. The molecule has 2 atom stereocenters. The van der Waals surface area contributed by atoms with Crippen LogP contribution < -0.4 is 24.8 Å². The second kappa shape index (κ2) is 7.41. The van der Waals surface area contributed by atoms with Gasteiger partial charge in [-0.1, -0.05) is 0 Å². The first-order chi connectivity index (χ1) is 10.2. The monoisotopic (exact) mass is 294 g/mol. The minimum atomic E-state index is 0.378. The number of hydrogen-bond acceptors (Lipinski definition) is 5. The smallest absolute Gasteiger partial charge is 0.203 e. The lowest BCUT2D eigenvalue weighted by molar-refractivity contribution is 0.324. The molecule has 1 saturated heterocycles. The van der Waals surface area contributed by atoms with Crippen molar-refractivity contribution < 1.29 is 14.2 Å². The standard InChI is InChI=1S/C16H26N2O3/c1-11(8-12-6-5-7-17-12)18-13-9-14(19-2)16(21-4)15(10-13)20-3/h9-12,17-18H,5-8H2,1-4H3. The number of anilines is 1. The molecule has 1 aromatic rings. The summed E-state index contributed by atoms with van der Waals surface area (Å²) in [6, 6.07) is 4.89. The Hall–Kier alpha value is -1.62. The predicted molar refractivity (Wildman–Crippen MR) is 84.8 cm³/mol. The summed E-state index contributed by atoms with van der Waals surface area (Å²) in [5.74, 6) is 1.96. The lowest BCUT2D eigenvalue weighted by Gasteiger charge is -2.21. The van der Waals surface area contributed by atoms with Crippen LogP contribution in [0, 0.1) is 0 Å². The SMILES string of the molecule is COc1cc(NC(C)CC2CCCN2)cc(OC)c1OC. The number of rotatable bonds is 7. The summed E-state index contributed by atoms with van der Waals surface area (Å²) in [6.45, 7) is 3.34. The van der Waals surface area contributed by atoms with E-state index in [1.165, 1.54) is 12.8 Å². The van der Waals surface area contributed by atoms with Crippen LogP contribution in [0.15, 0.2) is 12.1 Å². The second-order valence-corrected chi connectivity index (χ2v) is 5.49. The van der Waals surface area contributed by atoms with E-state index in [0.717, 1.165) is 18.7 Å². The van der Waals surface area contributed by atoms with Crippen molar-refractivity contribution >= 4 is 5.69 Å². The molecular weight excluding hydrogens is 268 g/mol. The summed E-state index contributed by atoms with van der Waals surface area (Å²) in [5.41, 5.74) is 0.981. The largest absolute Gasteiger partial charge is 0.493 e. The van der Waals surface area contributed by atoms with Crippen LogP contribution in [0.3, 0.4) is 0 Å². The van der Waals surface area contributed by atoms with E-state index in [4.69, 9.17) is 14.2 Å². The topological polar surface area (TPSA) is 51.8 Å². The second-order valence-electron chi connectivity index (χ2n) is 5.49. The molecule has 5 heteroatoms. The summed E-state index contributed by atoms with van der Waals surface area (Å²) in [7, 11) is 4.88. The van der Waals surface area contributed by atoms with Crippen LogP contribution in [-0.2, 0) is 0 Å². The van der Waals surface area contributed by atoms with Gasteiger partial charge in [-0.15, -0.1) is 0 Å². The highest BCUT2D eigenvalue weighted by Gasteiger charge is 2.18. The average Bonchev–Trinajstić information content (AvgIpc) is 2.98. The first-order valence-electron chi connectivity index (χ1n) is 7.47. The maximum atomic E-state index is 5.38. The first-order valence-corrected chi connectivity index (χ1v) is 7.47. The Morgan fingerprint density at radius 3 is 2.33 bits per heavy atom. The fourth-order valence-corrected chi connectivity index (χ4v) is 2.89. The molecule has 0 amide bonds. The number of hydrogen-bond donors (Lipinski definition) is 2. The van der Waals surface area contributed by atoms with Gasteiger partial charge in [0.1, 0.15) is 0 Å². The van der Waals surface area contributed by atoms with Gasteiger partial charge in [0.25, 0.3) is 0 Å². The summed E-state index contributed by atoms with van der Waals surface area (Å²) in [5, 5.41) is 7.04. The van der Waals surface area contributed by atoms with E-state index in [1.54, 1.807) is 21.3 Å². The molecule has 1 heterocycles. The van der Waals surface area contributed by atoms with Crippen LogP contribution in [0.2, 0.25) is 0 Å². The average molecular weight is 294 g/mol. The van der Waals surface area contributed by atoms with E-state index in [-0.39, 0.29) is 0 Å². The minimum absolute atomic E-state index is 0.378. The lowest BCUT2D eigenvalue weighted by Crippen LogP contribution is -2.29. The van der Waals surface area contributed by atoms with Crippen molar-refractivity contribution in [3.63, 3.8) is 0 Å². The zero-order valence-corrected chi connectivity index (χ0v) is 13.4. The van der Waals surface area contributed by atoms with Gasteiger partial charge in [0.2, 0.25) is 5.75 Å². The molecule has 1 aliphatic heterocycles. The minimum Gasteiger partial charge on any atom is -0.493 e. The van der Waals surface area contributed by atoms with Gasteiger partial charge >= 0.3 is 0 Å². The third-order valence-corrected chi connectivity index (χ3v) is 3.88. The van der Waals surface area contributed by atoms with Crippen LogP contribution in [0.4, 0.5) is 5.69 Å². The molecule has 0 saturated carbocycles. The zero-order chi connectivity index (χ0) is 15.2. The molecule has 1 aliphatic rings. The molecule has 0 bridgehead atoms. The van der Waals surface area contributed by atoms with Crippen molar-refractivity contribution in [2.45, 2.75) is 38.3 Å². The Morgan fingerprint density at radius 1 is 1.19 bits per heavy atom. The van der Waals surface area contributed by atoms with Gasteiger partial charge in [0, 0.05) is 29.9 Å². The molecular formula is C16H26N2O3. The van der Waals surface area contributed by atoms with Gasteiger partial charge in [0.05, 0.1) is 21.3 Å². The maximum absolute atomic E-state index is 5.38. The van der Waals surface area contributed by atoms with Gasteiger partial charge in [-0.05, 0) is 32.7 Å². The normalized spacial score (nSPS) is 19.1. The Bertz CT molecular complexity index is 434. The fourth-order valence-electron chi connectivity index (χ4n) is 2.89. The van der Waals surface area contributed by atoms with Crippen molar-refractivity contribution in [3.05, 3.63) is 12.1 Å². The zero-order valence-electron chi connectivity index (χ0n) is 13.4. The Kier molecular flexibility index (Phi) is 5.56. The van der Waals surface area contributed by atoms with Crippen molar-refractivity contribution in [1.29, 1.82) is 0 Å². The molecule has 2 unspecified atom stereocenters. The number of methoxy groups -OCH3 is 3. The molecule has 2 rings (SSSR count). The fraction of sp³-hybridized carbons (Fsp3) is 0.625. The van der Waals surface area contributed by atoms with Crippen molar-refractivity contribution in [2.75, 3.05) is 33.2 Å². The van der Waals surface area contributed by atoms with E-state index in [1.807, 2.05) is 12.1 Å².